The topological polar surface area (TPSA) is 92.5 Å². The Morgan fingerprint density at radius 1 is 1.31 bits per heavy atom. The quantitative estimate of drug-likeness (QED) is 0.774. The van der Waals surface area contributed by atoms with Crippen molar-refractivity contribution in [3.63, 3.8) is 0 Å². The van der Waals surface area contributed by atoms with Crippen LogP contribution >= 0.6 is 0 Å². The van der Waals surface area contributed by atoms with Gasteiger partial charge in [-0.2, -0.15) is 4.31 Å². The summed E-state index contributed by atoms with van der Waals surface area (Å²) in [6, 6.07) is 6.16. The summed E-state index contributed by atoms with van der Waals surface area (Å²) in [5.74, 6) is -0.599. The molecule has 1 aliphatic heterocycles. The molecular formula is C20H24FN3O4S. The third-order valence-corrected chi connectivity index (χ3v) is 6.98. The molecule has 1 aromatic carbocycles. The molecule has 1 aliphatic rings. The van der Waals surface area contributed by atoms with Crippen molar-refractivity contribution in [3.8, 4) is 0 Å². The molecule has 0 unspecified atom stereocenters. The zero-order valence-electron chi connectivity index (χ0n) is 16.4. The van der Waals surface area contributed by atoms with Crippen LogP contribution in [0.25, 0.3) is 12.2 Å². The lowest BCUT2D eigenvalue weighted by atomic mass is 9.97. The molecule has 0 saturated carbocycles. The zero-order chi connectivity index (χ0) is 21.0. The summed E-state index contributed by atoms with van der Waals surface area (Å²) < 4.78 is 46.7. The number of carbonyl (C=O) groups excluding carboxylic acids is 1. The predicted octanol–water partition coefficient (Wildman–Crippen LogP) is 2.83. The zero-order valence-corrected chi connectivity index (χ0v) is 17.2. The van der Waals surface area contributed by atoms with Crippen molar-refractivity contribution in [2.24, 2.45) is 5.92 Å². The van der Waals surface area contributed by atoms with E-state index < -0.39 is 15.8 Å². The number of nitrogens with one attached hydrogen (secondary N) is 1. The molecule has 3 rings (SSSR count). The first-order valence-corrected chi connectivity index (χ1v) is 10.9. The summed E-state index contributed by atoms with van der Waals surface area (Å²) in [5, 5.41) is 6.57. The number of aromatic nitrogens is 1. The first-order valence-electron chi connectivity index (χ1n) is 9.51. The average molecular weight is 421 g/mol. The number of carbonyl (C=O) groups is 1. The maximum Gasteiger partial charge on any atom is 0.248 e. The molecule has 0 atom stereocenters. The normalized spacial score (nSPS) is 16.4. The molecule has 1 aromatic heterocycles. The van der Waals surface area contributed by atoms with Gasteiger partial charge in [-0.1, -0.05) is 23.4 Å². The van der Waals surface area contributed by atoms with Crippen molar-refractivity contribution >= 4 is 28.1 Å². The van der Waals surface area contributed by atoms with Crippen LogP contribution < -0.4 is 5.32 Å². The van der Waals surface area contributed by atoms with Crippen molar-refractivity contribution in [1.82, 2.24) is 14.8 Å². The standard InChI is InChI=1S/C20H24FN3O4S/c1-3-22-20(25)16-10-12-24(13-11-16)29(26,27)19-14(2)23-28-18(19)9-8-15-6-4-5-7-17(15)21/h4-9,16H,3,10-13H2,1-2H3,(H,22,25). The number of sulfonamides is 1. The van der Waals surface area contributed by atoms with E-state index in [9.17, 15) is 17.6 Å². The number of amides is 1. The SMILES string of the molecule is CCNC(=O)C1CCN(S(=O)(=O)c2c(C)noc2C=Cc2ccccc2F)CC1. The van der Waals surface area contributed by atoms with Crippen LogP contribution in [0, 0.1) is 18.7 Å². The molecule has 9 heteroatoms. The summed E-state index contributed by atoms with van der Waals surface area (Å²) in [4.78, 5) is 12.0. The van der Waals surface area contributed by atoms with E-state index in [-0.39, 0.29) is 41.3 Å². The van der Waals surface area contributed by atoms with Crippen molar-refractivity contribution in [3.05, 3.63) is 47.1 Å². The van der Waals surface area contributed by atoms with Gasteiger partial charge in [-0.05, 0) is 44.9 Å². The Morgan fingerprint density at radius 2 is 2.00 bits per heavy atom. The maximum absolute atomic E-state index is 13.8. The van der Waals surface area contributed by atoms with E-state index in [0.29, 0.717) is 24.9 Å². The molecule has 1 amide bonds. The minimum Gasteiger partial charge on any atom is -0.356 e. The largest absolute Gasteiger partial charge is 0.356 e. The number of rotatable bonds is 6. The third-order valence-electron chi connectivity index (χ3n) is 4.93. The summed E-state index contributed by atoms with van der Waals surface area (Å²) in [7, 11) is -3.86. The molecule has 0 radical (unpaired) electrons. The molecule has 2 aromatic rings. The lowest BCUT2D eigenvalue weighted by Gasteiger charge is -2.30. The second-order valence-electron chi connectivity index (χ2n) is 6.89. The van der Waals surface area contributed by atoms with E-state index in [1.807, 2.05) is 6.92 Å². The molecule has 156 valence electrons. The lowest BCUT2D eigenvalue weighted by molar-refractivity contribution is -0.126. The smallest absolute Gasteiger partial charge is 0.248 e. The van der Waals surface area contributed by atoms with Gasteiger partial charge in [0.15, 0.2) is 10.7 Å². The number of benzene rings is 1. The molecule has 1 saturated heterocycles. The first-order chi connectivity index (χ1) is 13.8. The summed E-state index contributed by atoms with van der Waals surface area (Å²) in [6.07, 6.45) is 3.77. The van der Waals surface area contributed by atoms with Gasteiger partial charge in [0.05, 0.1) is 0 Å². The van der Waals surface area contributed by atoms with Gasteiger partial charge in [0.25, 0.3) is 0 Å². The predicted molar refractivity (Wildman–Crippen MR) is 107 cm³/mol. The number of hydrogen-bond donors (Lipinski definition) is 1. The number of hydrogen-bond acceptors (Lipinski definition) is 5. The molecular weight excluding hydrogens is 397 g/mol. The molecule has 7 nitrogen and oxygen atoms in total. The fraction of sp³-hybridized carbons (Fsp3) is 0.400. The Kier molecular flexibility index (Phi) is 6.49. The van der Waals surface area contributed by atoms with Gasteiger partial charge < -0.3 is 9.84 Å². The molecule has 29 heavy (non-hydrogen) atoms. The van der Waals surface area contributed by atoms with E-state index in [1.54, 1.807) is 25.1 Å². The second-order valence-corrected chi connectivity index (χ2v) is 8.76. The molecule has 0 spiro atoms. The highest BCUT2D eigenvalue weighted by Crippen LogP contribution is 2.29. The third kappa shape index (κ3) is 4.56. The Bertz CT molecular complexity index is 1010. The van der Waals surface area contributed by atoms with Crippen LogP contribution in [0.15, 0.2) is 33.7 Å². The van der Waals surface area contributed by atoms with Crippen molar-refractivity contribution in [2.45, 2.75) is 31.6 Å². The Morgan fingerprint density at radius 3 is 2.66 bits per heavy atom. The number of halogens is 1. The first kappa shape index (κ1) is 21.2. The molecule has 1 fully saturated rings. The van der Waals surface area contributed by atoms with Crippen LogP contribution in [0.4, 0.5) is 4.39 Å². The van der Waals surface area contributed by atoms with E-state index >= 15 is 0 Å². The van der Waals surface area contributed by atoms with E-state index in [2.05, 4.69) is 10.5 Å². The van der Waals surface area contributed by atoms with E-state index in [0.717, 1.165) is 0 Å². The van der Waals surface area contributed by atoms with Gasteiger partial charge in [0, 0.05) is 31.1 Å². The van der Waals surface area contributed by atoms with E-state index in [4.69, 9.17) is 4.52 Å². The highest BCUT2D eigenvalue weighted by atomic mass is 32.2. The van der Waals surface area contributed by atoms with Crippen LogP contribution in [-0.4, -0.2) is 43.4 Å². The number of piperidine rings is 1. The Balaban J connectivity index is 1.81. The second kappa shape index (κ2) is 8.87. The van der Waals surface area contributed by atoms with Crippen molar-refractivity contribution < 1.29 is 22.1 Å². The summed E-state index contributed by atoms with van der Waals surface area (Å²) >= 11 is 0. The highest BCUT2D eigenvalue weighted by Gasteiger charge is 2.35. The van der Waals surface area contributed by atoms with Crippen LogP contribution in [0.1, 0.15) is 36.8 Å². The van der Waals surface area contributed by atoms with Crippen LogP contribution in [0.3, 0.4) is 0 Å². The van der Waals surface area contributed by atoms with Crippen molar-refractivity contribution in [1.29, 1.82) is 0 Å². The van der Waals surface area contributed by atoms with Gasteiger partial charge >= 0.3 is 0 Å². The highest BCUT2D eigenvalue weighted by molar-refractivity contribution is 7.89. The monoisotopic (exact) mass is 421 g/mol. The van der Waals surface area contributed by atoms with Gasteiger partial charge in [-0.3, -0.25) is 4.79 Å². The summed E-state index contributed by atoms with van der Waals surface area (Å²) in [6.45, 7) is 4.44. The molecule has 1 N–H and O–H groups in total. The average Bonchev–Trinajstić information content (AvgIpc) is 3.09. The fourth-order valence-corrected chi connectivity index (χ4v) is 5.10. The Labute approximate surface area is 169 Å². The number of nitrogens with zero attached hydrogens (tertiary/aromatic N) is 2. The molecule has 0 bridgehead atoms. The van der Waals surface area contributed by atoms with Crippen LogP contribution in [-0.2, 0) is 14.8 Å². The summed E-state index contributed by atoms with van der Waals surface area (Å²) in [5.41, 5.74) is 0.552. The maximum atomic E-state index is 13.8. The van der Waals surface area contributed by atoms with Gasteiger partial charge in [0.2, 0.25) is 15.9 Å². The number of aryl methyl sites for hydroxylation is 1. The lowest BCUT2D eigenvalue weighted by Crippen LogP contribution is -2.43. The van der Waals surface area contributed by atoms with E-state index in [1.165, 1.54) is 22.5 Å². The fourth-order valence-electron chi connectivity index (χ4n) is 3.38. The Hall–Kier alpha value is -2.52. The van der Waals surface area contributed by atoms with Gasteiger partial charge in [-0.15, -0.1) is 0 Å². The minimum atomic E-state index is -3.86. The van der Waals surface area contributed by atoms with Crippen LogP contribution in [0.5, 0.6) is 0 Å². The van der Waals surface area contributed by atoms with Crippen LogP contribution in [0.2, 0.25) is 0 Å². The molecule has 0 aliphatic carbocycles. The van der Waals surface area contributed by atoms with Crippen molar-refractivity contribution in [2.75, 3.05) is 19.6 Å². The minimum absolute atomic E-state index is 0.0263. The van der Waals surface area contributed by atoms with Gasteiger partial charge in [0.1, 0.15) is 11.5 Å². The van der Waals surface area contributed by atoms with Gasteiger partial charge in [-0.25, -0.2) is 12.8 Å². The molecule has 2 heterocycles.